The zero-order valence-corrected chi connectivity index (χ0v) is 10.3. The van der Waals surface area contributed by atoms with Gasteiger partial charge >= 0.3 is 0 Å². The maximum Gasteiger partial charge on any atom is 0.236 e. The van der Waals surface area contributed by atoms with Crippen LogP contribution in [0.15, 0.2) is 0 Å². The number of aliphatic hydroxyl groups is 1. The topological polar surface area (TPSA) is 61.8 Å². The highest BCUT2D eigenvalue weighted by atomic mass is 16.5. The summed E-state index contributed by atoms with van der Waals surface area (Å²) in [5, 5.41) is 12.9. The molecule has 0 radical (unpaired) electrons. The number of ether oxygens (including phenoxy) is 1. The molecule has 1 atom stereocenters. The van der Waals surface area contributed by atoms with Crippen molar-refractivity contribution in [2.24, 2.45) is 0 Å². The Hall–Kier alpha value is -0.650. The minimum atomic E-state index is -0.795. The maximum atomic E-state index is 11.6. The summed E-state index contributed by atoms with van der Waals surface area (Å²) < 4.78 is 5.12. The van der Waals surface area contributed by atoms with Crippen LogP contribution in [0.25, 0.3) is 0 Å². The molecule has 0 aliphatic carbocycles. The largest absolute Gasteiger partial charge is 0.386 e. The summed E-state index contributed by atoms with van der Waals surface area (Å²) >= 11 is 0. The van der Waals surface area contributed by atoms with E-state index in [4.69, 9.17) is 4.74 Å². The van der Waals surface area contributed by atoms with E-state index in [1.807, 2.05) is 13.8 Å². The SMILES string of the molecule is CC(C)N(C)C(=O)CNCC1(O)CCOC1. The van der Waals surface area contributed by atoms with Crippen LogP contribution in [0, 0.1) is 0 Å². The molecule has 1 amide bonds. The summed E-state index contributed by atoms with van der Waals surface area (Å²) in [6.45, 7) is 5.56. The van der Waals surface area contributed by atoms with E-state index >= 15 is 0 Å². The molecular formula is C11H22N2O3. The van der Waals surface area contributed by atoms with Gasteiger partial charge in [-0.15, -0.1) is 0 Å². The normalized spacial score (nSPS) is 25.1. The fourth-order valence-electron chi connectivity index (χ4n) is 1.55. The predicted molar refractivity (Wildman–Crippen MR) is 61.2 cm³/mol. The lowest BCUT2D eigenvalue weighted by atomic mass is 10.0. The Labute approximate surface area is 96.8 Å². The minimum absolute atomic E-state index is 0.0394. The fourth-order valence-corrected chi connectivity index (χ4v) is 1.55. The van der Waals surface area contributed by atoms with Gasteiger partial charge in [0.2, 0.25) is 5.91 Å². The van der Waals surface area contributed by atoms with Crippen LogP contribution in [0.5, 0.6) is 0 Å². The van der Waals surface area contributed by atoms with Crippen molar-refractivity contribution in [3.05, 3.63) is 0 Å². The molecule has 5 heteroatoms. The highest BCUT2D eigenvalue weighted by Crippen LogP contribution is 2.16. The van der Waals surface area contributed by atoms with Crippen molar-refractivity contribution in [1.82, 2.24) is 10.2 Å². The van der Waals surface area contributed by atoms with Crippen LogP contribution < -0.4 is 5.32 Å². The zero-order valence-electron chi connectivity index (χ0n) is 10.3. The molecule has 1 unspecified atom stereocenters. The summed E-state index contributed by atoms with van der Waals surface area (Å²) in [5.74, 6) is 0.0394. The number of carbonyl (C=O) groups is 1. The van der Waals surface area contributed by atoms with E-state index in [0.29, 0.717) is 26.2 Å². The molecule has 0 spiro atoms. The highest BCUT2D eigenvalue weighted by molar-refractivity contribution is 5.78. The quantitative estimate of drug-likeness (QED) is 0.674. The second kappa shape index (κ2) is 5.61. The number of carbonyl (C=O) groups excluding carboxylic acids is 1. The molecule has 94 valence electrons. The third-order valence-corrected chi connectivity index (χ3v) is 2.98. The van der Waals surface area contributed by atoms with Crippen LogP contribution in [-0.2, 0) is 9.53 Å². The molecule has 2 N–H and O–H groups in total. The number of nitrogens with zero attached hydrogens (tertiary/aromatic N) is 1. The van der Waals surface area contributed by atoms with Crippen LogP contribution in [0.1, 0.15) is 20.3 Å². The maximum absolute atomic E-state index is 11.6. The van der Waals surface area contributed by atoms with Crippen molar-refractivity contribution in [3.63, 3.8) is 0 Å². The van der Waals surface area contributed by atoms with E-state index in [9.17, 15) is 9.90 Å². The first-order valence-electron chi connectivity index (χ1n) is 5.71. The average Bonchev–Trinajstić information content (AvgIpc) is 2.64. The Morgan fingerprint density at radius 3 is 2.81 bits per heavy atom. The van der Waals surface area contributed by atoms with Gasteiger partial charge in [0.25, 0.3) is 0 Å². The summed E-state index contributed by atoms with van der Waals surface area (Å²) in [5.41, 5.74) is -0.795. The van der Waals surface area contributed by atoms with E-state index in [0.717, 1.165) is 0 Å². The molecule has 1 rings (SSSR count). The Bertz CT molecular complexity index is 237. The van der Waals surface area contributed by atoms with E-state index in [1.165, 1.54) is 0 Å². The van der Waals surface area contributed by atoms with Gasteiger partial charge in [-0.25, -0.2) is 0 Å². The van der Waals surface area contributed by atoms with Crippen LogP contribution in [0.2, 0.25) is 0 Å². The molecule has 0 aromatic heterocycles. The van der Waals surface area contributed by atoms with Gasteiger partial charge in [-0.1, -0.05) is 0 Å². The van der Waals surface area contributed by atoms with E-state index in [2.05, 4.69) is 5.32 Å². The van der Waals surface area contributed by atoms with E-state index in [-0.39, 0.29) is 18.5 Å². The number of rotatable bonds is 5. The van der Waals surface area contributed by atoms with Crippen molar-refractivity contribution in [1.29, 1.82) is 0 Å². The first kappa shape index (κ1) is 13.4. The Morgan fingerprint density at radius 1 is 1.62 bits per heavy atom. The summed E-state index contributed by atoms with van der Waals surface area (Å²) in [6, 6.07) is 0.201. The number of hydrogen-bond donors (Lipinski definition) is 2. The first-order chi connectivity index (χ1) is 7.44. The van der Waals surface area contributed by atoms with Gasteiger partial charge in [0.05, 0.1) is 13.2 Å². The van der Waals surface area contributed by atoms with Gasteiger partial charge < -0.3 is 20.1 Å². The van der Waals surface area contributed by atoms with Crippen LogP contribution in [0.4, 0.5) is 0 Å². The Kier molecular flexibility index (Phi) is 4.70. The molecule has 1 aliphatic heterocycles. The monoisotopic (exact) mass is 230 g/mol. The number of amides is 1. The van der Waals surface area contributed by atoms with Crippen molar-refractivity contribution in [3.8, 4) is 0 Å². The van der Waals surface area contributed by atoms with Gasteiger partial charge in [-0.2, -0.15) is 0 Å². The Morgan fingerprint density at radius 2 is 2.31 bits per heavy atom. The van der Waals surface area contributed by atoms with Crippen LogP contribution in [-0.4, -0.2) is 60.9 Å². The molecular weight excluding hydrogens is 208 g/mol. The smallest absolute Gasteiger partial charge is 0.236 e. The fraction of sp³-hybridized carbons (Fsp3) is 0.909. The molecule has 0 aromatic carbocycles. The molecule has 0 aromatic rings. The summed E-state index contributed by atoms with van der Waals surface area (Å²) in [4.78, 5) is 13.3. The van der Waals surface area contributed by atoms with Gasteiger partial charge in [0, 0.05) is 32.7 Å². The third kappa shape index (κ3) is 3.73. The molecule has 1 fully saturated rings. The lowest BCUT2D eigenvalue weighted by Gasteiger charge is -2.24. The number of nitrogens with one attached hydrogen (secondary N) is 1. The van der Waals surface area contributed by atoms with E-state index < -0.39 is 5.60 Å². The predicted octanol–water partition coefficient (Wildman–Crippen LogP) is -0.406. The summed E-state index contributed by atoms with van der Waals surface area (Å²) in [7, 11) is 1.78. The second-order valence-corrected chi connectivity index (χ2v) is 4.73. The van der Waals surface area contributed by atoms with Gasteiger partial charge in [0.1, 0.15) is 5.60 Å². The van der Waals surface area contributed by atoms with Crippen molar-refractivity contribution in [2.45, 2.75) is 31.9 Å². The molecule has 0 bridgehead atoms. The summed E-state index contributed by atoms with van der Waals surface area (Å²) in [6.07, 6.45) is 0.633. The van der Waals surface area contributed by atoms with Crippen LogP contribution >= 0.6 is 0 Å². The van der Waals surface area contributed by atoms with E-state index in [1.54, 1.807) is 11.9 Å². The number of hydrogen-bond acceptors (Lipinski definition) is 4. The zero-order chi connectivity index (χ0) is 12.2. The average molecular weight is 230 g/mol. The lowest BCUT2D eigenvalue weighted by Crippen LogP contribution is -2.46. The van der Waals surface area contributed by atoms with Gasteiger partial charge in [-0.3, -0.25) is 4.79 Å². The van der Waals surface area contributed by atoms with Crippen LogP contribution in [0.3, 0.4) is 0 Å². The van der Waals surface area contributed by atoms with Crippen molar-refractivity contribution >= 4 is 5.91 Å². The van der Waals surface area contributed by atoms with Gasteiger partial charge in [0.15, 0.2) is 0 Å². The van der Waals surface area contributed by atoms with Gasteiger partial charge in [-0.05, 0) is 13.8 Å². The Balaban J connectivity index is 2.22. The first-order valence-corrected chi connectivity index (χ1v) is 5.71. The highest BCUT2D eigenvalue weighted by Gasteiger charge is 2.31. The molecule has 0 saturated carbocycles. The minimum Gasteiger partial charge on any atom is -0.386 e. The third-order valence-electron chi connectivity index (χ3n) is 2.98. The van der Waals surface area contributed by atoms with Crippen molar-refractivity contribution in [2.75, 3.05) is 33.4 Å². The lowest BCUT2D eigenvalue weighted by molar-refractivity contribution is -0.130. The number of likely N-dealkylation sites (N-methyl/N-ethyl adjacent to an activating group) is 1. The second-order valence-electron chi connectivity index (χ2n) is 4.73. The molecule has 1 aliphatic rings. The molecule has 5 nitrogen and oxygen atoms in total. The standard InChI is InChI=1S/C11H22N2O3/c1-9(2)13(3)10(14)6-12-7-11(15)4-5-16-8-11/h9,12,15H,4-8H2,1-3H3. The molecule has 1 saturated heterocycles. The molecule has 16 heavy (non-hydrogen) atoms. The molecule has 1 heterocycles. The van der Waals surface area contributed by atoms with Crippen molar-refractivity contribution < 1.29 is 14.6 Å².